The summed E-state index contributed by atoms with van der Waals surface area (Å²) in [6.07, 6.45) is -0.365. The van der Waals surface area contributed by atoms with Gasteiger partial charge in [-0.15, -0.1) is 0 Å². The Hall–Kier alpha value is -2.11. The van der Waals surface area contributed by atoms with Crippen molar-refractivity contribution < 1.29 is 14.0 Å². The molecule has 0 saturated carbocycles. The SMILES string of the molecule is CC(C)(C)[Si](OC[C@H]1COC(=O)N1)(c1ccccc1)c1ccccc1. The van der Waals surface area contributed by atoms with Gasteiger partial charge >= 0.3 is 6.09 Å². The first-order valence-electron chi connectivity index (χ1n) is 8.62. The number of alkyl carbamates (subject to hydrolysis) is 1. The lowest BCUT2D eigenvalue weighted by Crippen LogP contribution is -2.67. The fourth-order valence-electron chi connectivity index (χ4n) is 3.50. The maximum atomic E-state index is 11.3. The lowest BCUT2D eigenvalue weighted by Gasteiger charge is -2.43. The highest BCUT2D eigenvalue weighted by molar-refractivity contribution is 6.99. The Kier molecular flexibility index (Phi) is 4.97. The quantitative estimate of drug-likeness (QED) is 0.839. The van der Waals surface area contributed by atoms with Gasteiger partial charge in [-0.05, 0) is 15.4 Å². The molecule has 4 nitrogen and oxygen atoms in total. The van der Waals surface area contributed by atoms with E-state index in [0.29, 0.717) is 13.2 Å². The summed E-state index contributed by atoms with van der Waals surface area (Å²) in [5, 5.41) is 5.22. The molecule has 1 aliphatic heterocycles. The molecule has 1 amide bonds. The number of hydrogen-bond acceptors (Lipinski definition) is 3. The average Bonchev–Trinajstić information content (AvgIpc) is 3.02. The summed E-state index contributed by atoms with van der Waals surface area (Å²) in [5.74, 6) is 0. The summed E-state index contributed by atoms with van der Waals surface area (Å²) in [6, 6.07) is 20.9. The molecule has 2 aromatic rings. The second-order valence-corrected chi connectivity index (χ2v) is 11.7. The van der Waals surface area contributed by atoms with Gasteiger partial charge in [-0.3, -0.25) is 0 Å². The lowest BCUT2D eigenvalue weighted by molar-refractivity contribution is 0.173. The third-order valence-electron chi connectivity index (χ3n) is 4.66. The number of amides is 1. The molecule has 132 valence electrons. The van der Waals surface area contributed by atoms with Crippen LogP contribution in [0.5, 0.6) is 0 Å². The molecular weight excluding hydrogens is 330 g/mol. The molecule has 1 saturated heterocycles. The number of carbonyl (C=O) groups is 1. The Morgan fingerprint density at radius 2 is 1.56 bits per heavy atom. The van der Waals surface area contributed by atoms with Crippen molar-refractivity contribution in [1.29, 1.82) is 0 Å². The Morgan fingerprint density at radius 3 is 1.96 bits per heavy atom. The Balaban J connectivity index is 2.04. The van der Waals surface area contributed by atoms with E-state index in [-0.39, 0.29) is 17.2 Å². The van der Waals surface area contributed by atoms with Gasteiger partial charge in [-0.25, -0.2) is 4.79 Å². The van der Waals surface area contributed by atoms with Gasteiger partial charge in [-0.1, -0.05) is 81.4 Å². The van der Waals surface area contributed by atoms with E-state index in [0.717, 1.165) is 0 Å². The highest BCUT2D eigenvalue weighted by atomic mass is 28.4. The molecule has 1 N–H and O–H groups in total. The maximum absolute atomic E-state index is 11.3. The van der Waals surface area contributed by atoms with Crippen molar-refractivity contribution in [2.24, 2.45) is 0 Å². The van der Waals surface area contributed by atoms with Crippen LogP contribution >= 0.6 is 0 Å². The highest BCUT2D eigenvalue weighted by Crippen LogP contribution is 2.36. The van der Waals surface area contributed by atoms with Crippen molar-refractivity contribution >= 4 is 24.8 Å². The predicted octanol–water partition coefficient (Wildman–Crippen LogP) is 2.67. The van der Waals surface area contributed by atoms with Crippen LogP contribution in [0.2, 0.25) is 5.04 Å². The van der Waals surface area contributed by atoms with Crippen LogP contribution in [0.4, 0.5) is 4.79 Å². The number of carbonyl (C=O) groups excluding carboxylic acids is 1. The zero-order valence-electron chi connectivity index (χ0n) is 15.0. The number of cyclic esters (lactones) is 1. The second kappa shape index (κ2) is 7.02. The van der Waals surface area contributed by atoms with Gasteiger partial charge in [0.05, 0.1) is 12.6 Å². The summed E-state index contributed by atoms with van der Waals surface area (Å²) in [7, 11) is -2.55. The summed E-state index contributed by atoms with van der Waals surface area (Å²) >= 11 is 0. The normalized spacial score (nSPS) is 17.9. The van der Waals surface area contributed by atoms with Crippen LogP contribution in [0.1, 0.15) is 20.8 Å². The number of rotatable bonds is 5. The summed E-state index contributed by atoms with van der Waals surface area (Å²) < 4.78 is 11.8. The first kappa shape index (κ1) is 17.7. The molecule has 0 unspecified atom stereocenters. The molecule has 2 aromatic carbocycles. The van der Waals surface area contributed by atoms with Crippen LogP contribution in [-0.4, -0.2) is 33.7 Å². The molecule has 1 heterocycles. The molecular formula is C20H25NO3Si. The molecule has 3 rings (SSSR count). The van der Waals surface area contributed by atoms with Gasteiger partial charge in [0.2, 0.25) is 0 Å². The number of nitrogens with one attached hydrogen (secondary N) is 1. The van der Waals surface area contributed by atoms with E-state index in [1.54, 1.807) is 0 Å². The number of ether oxygens (including phenoxy) is 1. The van der Waals surface area contributed by atoms with E-state index in [1.807, 2.05) is 12.1 Å². The van der Waals surface area contributed by atoms with Crippen molar-refractivity contribution in [3.8, 4) is 0 Å². The Labute approximate surface area is 150 Å². The Bertz CT molecular complexity index is 673. The molecule has 0 radical (unpaired) electrons. The van der Waals surface area contributed by atoms with E-state index < -0.39 is 8.32 Å². The lowest BCUT2D eigenvalue weighted by atomic mass is 10.2. The van der Waals surface area contributed by atoms with Gasteiger partial charge in [-0.2, -0.15) is 0 Å². The third-order valence-corrected chi connectivity index (χ3v) is 9.66. The fraction of sp³-hybridized carbons (Fsp3) is 0.350. The van der Waals surface area contributed by atoms with E-state index in [1.165, 1.54) is 10.4 Å². The minimum atomic E-state index is -2.55. The van der Waals surface area contributed by atoms with Crippen molar-refractivity contribution in [3.05, 3.63) is 60.7 Å². The minimum absolute atomic E-state index is 0.0703. The molecule has 0 bridgehead atoms. The van der Waals surface area contributed by atoms with Crippen molar-refractivity contribution in [1.82, 2.24) is 5.32 Å². The summed E-state index contributed by atoms with van der Waals surface area (Å²) in [6.45, 7) is 7.52. The Morgan fingerprint density at radius 1 is 1.04 bits per heavy atom. The van der Waals surface area contributed by atoms with Crippen molar-refractivity contribution in [2.45, 2.75) is 31.9 Å². The van der Waals surface area contributed by atoms with Crippen LogP contribution in [0.25, 0.3) is 0 Å². The monoisotopic (exact) mass is 355 g/mol. The maximum Gasteiger partial charge on any atom is 0.407 e. The minimum Gasteiger partial charge on any atom is -0.447 e. The van der Waals surface area contributed by atoms with Gasteiger partial charge in [0.15, 0.2) is 0 Å². The molecule has 0 aromatic heterocycles. The zero-order chi connectivity index (χ0) is 17.9. The fourth-order valence-corrected chi connectivity index (χ4v) is 8.11. The van der Waals surface area contributed by atoms with Gasteiger partial charge in [0, 0.05) is 0 Å². The summed E-state index contributed by atoms with van der Waals surface area (Å²) in [5.41, 5.74) is 0. The van der Waals surface area contributed by atoms with E-state index in [2.05, 4.69) is 74.6 Å². The first-order chi connectivity index (χ1) is 11.9. The first-order valence-corrected chi connectivity index (χ1v) is 10.5. The largest absolute Gasteiger partial charge is 0.447 e. The van der Waals surface area contributed by atoms with Crippen molar-refractivity contribution in [2.75, 3.05) is 13.2 Å². The van der Waals surface area contributed by atoms with Gasteiger partial charge in [0.1, 0.15) is 6.61 Å². The number of hydrogen-bond donors (Lipinski definition) is 1. The number of benzene rings is 2. The summed E-state index contributed by atoms with van der Waals surface area (Å²) in [4.78, 5) is 11.3. The van der Waals surface area contributed by atoms with Crippen LogP contribution in [0.15, 0.2) is 60.7 Å². The van der Waals surface area contributed by atoms with Crippen LogP contribution in [0.3, 0.4) is 0 Å². The molecule has 25 heavy (non-hydrogen) atoms. The molecule has 5 heteroatoms. The van der Waals surface area contributed by atoms with Gasteiger partial charge in [0.25, 0.3) is 8.32 Å². The van der Waals surface area contributed by atoms with Crippen LogP contribution in [0, 0.1) is 0 Å². The average molecular weight is 356 g/mol. The standard InChI is InChI=1S/C20H25NO3Si/c1-20(2,3)25(17-10-6-4-7-11-17,18-12-8-5-9-13-18)24-15-16-14-23-19(22)21-16/h4-13,16H,14-15H2,1-3H3,(H,21,22)/t16-/m1/s1. The molecule has 0 aliphatic carbocycles. The highest BCUT2D eigenvalue weighted by Gasteiger charge is 2.50. The van der Waals surface area contributed by atoms with Crippen molar-refractivity contribution in [3.63, 3.8) is 0 Å². The second-order valence-electron chi connectivity index (χ2n) is 7.41. The van der Waals surface area contributed by atoms with E-state index in [9.17, 15) is 4.79 Å². The topological polar surface area (TPSA) is 47.6 Å². The van der Waals surface area contributed by atoms with Crippen LogP contribution in [-0.2, 0) is 9.16 Å². The molecule has 0 spiro atoms. The smallest absolute Gasteiger partial charge is 0.407 e. The van der Waals surface area contributed by atoms with Crippen LogP contribution < -0.4 is 15.7 Å². The molecule has 1 atom stereocenters. The third kappa shape index (κ3) is 3.48. The zero-order valence-corrected chi connectivity index (χ0v) is 16.0. The van der Waals surface area contributed by atoms with Gasteiger partial charge < -0.3 is 14.5 Å². The van der Waals surface area contributed by atoms with E-state index in [4.69, 9.17) is 9.16 Å². The molecule has 1 fully saturated rings. The predicted molar refractivity (Wildman–Crippen MR) is 102 cm³/mol. The molecule has 1 aliphatic rings. The van der Waals surface area contributed by atoms with E-state index >= 15 is 0 Å².